The van der Waals surface area contributed by atoms with Crippen molar-refractivity contribution in [2.45, 2.75) is 13.1 Å². The molecule has 0 spiro atoms. The van der Waals surface area contributed by atoms with Gasteiger partial charge >= 0.3 is 6.18 Å². The van der Waals surface area contributed by atoms with Crippen LogP contribution in [0.25, 0.3) is 0 Å². The molecule has 0 aliphatic carbocycles. The summed E-state index contributed by atoms with van der Waals surface area (Å²) in [5, 5.41) is 2.75. The molecule has 0 atom stereocenters. The van der Waals surface area contributed by atoms with Crippen molar-refractivity contribution in [2.24, 2.45) is 5.84 Å². The lowest BCUT2D eigenvalue weighted by atomic mass is 10.1. The van der Waals surface area contributed by atoms with Crippen LogP contribution in [0.15, 0.2) is 30.6 Å². The van der Waals surface area contributed by atoms with Crippen LogP contribution in [0.3, 0.4) is 0 Å². The second-order valence-electron chi connectivity index (χ2n) is 4.09. The molecule has 2 aromatic rings. The molecular formula is C12H12F3N5. The number of nitrogen functional groups attached to an aromatic ring is 1. The van der Waals surface area contributed by atoms with Gasteiger partial charge in [-0.15, -0.1) is 0 Å². The van der Waals surface area contributed by atoms with Gasteiger partial charge in [-0.2, -0.15) is 13.2 Å². The third kappa shape index (κ3) is 3.15. The summed E-state index contributed by atoms with van der Waals surface area (Å²) in [5.74, 6) is 5.78. The number of alkyl halides is 3. The van der Waals surface area contributed by atoms with Gasteiger partial charge in [-0.3, -0.25) is 4.98 Å². The minimum absolute atomic E-state index is 0.159. The summed E-state index contributed by atoms with van der Waals surface area (Å²) >= 11 is 0. The summed E-state index contributed by atoms with van der Waals surface area (Å²) in [5.41, 5.74) is 2.04. The van der Waals surface area contributed by atoms with Gasteiger partial charge in [0.2, 0.25) is 0 Å². The average Bonchev–Trinajstić information content (AvgIpc) is 2.40. The predicted molar refractivity (Wildman–Crippen MR) is 69.3 cm³/mol. The molecule has 1 aromatic carbocycles. The van der Waals surface area contributed by atoms with Crippen LogP contribution in [0.2, 0.25) is 0 Å². The van der Waals surface area contributed by atoms with Gasteiger partial charge in [0.05, 0.1) is 18.0 Å². The zero-order valence-corrected chi connectivity index (χ0v) is 10.5. The van der Waals surface area contributed by atoms with Crippen molar-refractivity contribution in [3.05, 3.63) is 41.7 Å². The molecule has 1 aromatic heterocycles. The highest BCUT2D eigenvalue weighted by Crippen LogP contribution is 2.33. The molecule has 0 saturated heterocycles. The van der Waals surface area contributed by atoms with E-state index in [-0.39, 0.29) is 17.1 Å². The molecule has 0 bridgehead atoms. The Morgan fingerprint density at radius 2 is 1.85 bits per heavy atom. The Labute approximate surface area is 113 Å². The number of nitrogens with zero attached hydrogens (tertiary/aromatic N) is 2. The molecule has 0 amide bonds. The van der Waals surface area contributed by atoms with E-state index in [1.54, 1.807) is 0 Å². The molecule has 0 fully saturated rings. The average molecular weight is 283 g/mol. The number of aromatic nitrogens is 2. The summed E-state index contributed by atoms with van der Waals surface area (Å²) in [6.45, 7) is 1.41. The van der Waals surface area contributed by atoms with Crippen LogP contribution in [0.5, 0.6) is 0 Å². The second-order valence-corrected chi connectivity index (χ2v) is 4.09. The van der Waals surface area contributed by atoms with Crippen LogP contribution >= 0.6 is 0 Å². The highest BCUT2D eigenvalue weighted by molar-refractivity contribution is 5.59. The molecule has 1 heterocycles. The molecule has 0 radical (unpaired) electrons. The number of nitrogens with one attached hydrogen (secondary N) is 2. The van der Waals surface area contributed by atoms with Crippen molar-refractivity contribution < 1.29 is 13.2 Å². The maximum atomic E-state index is 12.8. The Balaban J connectivity index is 2.30. The lowest BCUT2D eigenvalue weighted by Gasteiger charge is -2.13. The number of anilines is 3. The summed E-state index contributed by atoms with van der Waals surface area (Å²) in [4.78, 5) is 7.86. The van der Waals surface area contributed by atoms with Crippen LogP contribution in [0, 0.1) is 6.92 Å². The van der Waals surface area contributed by atoms with Crippen molar-refractivity contribution in [1.29, 1.82) is 0 Å². The van der Waals surface area contributed by atoms with E-state index in [1.807, 2.05) is 0 Å². The van der Waals surface area contributed by atoms with Gasteiger partial charge in [-0.1, -0.05) is 6.07 Å². The monoisotopic (exact) mass is 283 g/mol. The van der Waals surface area contributed by atoms with Gasteiger partial charge < -0.3 is 10.7 Å². The number of nitrogens with two attached hydrogens (primary N) is 1. The van der Waals surface area contributed by atoms with Crippen LogP contribution in [0.4, 0.5) is 30.5 Å². The first kappa shape index (κ1) is 14.1. The third-order valence-corrected chi connectivity index (χ3v) is 2.60. The fourth-order valence-corrected chi connectivity index (χ4v) is 1.65. The molecule has 0 unspecified atom stereocenters. The zero-order valence-electron chi connectivity index (χ0n) is 10.5. The molecule has 0 aliphatic rings. The molecule has 8 heteroatoms. The van der Waals surface area contributed by atoms with E-state index in [1.165, 1.54) is 31.5 Å². The molecule has 20 heavy (non-hydrogen) atoms. The molecule has 5 nitrogen and oxygen atoms in total. The van der Waals surface area contributed by atoms with Crippen molar-refractivity contribution >= 4 is 17.3 Å². The van der Waals surface area contributed by atoms with E-state index in [4.69, 9.17) is 5.84 Å². The van der Waals surface area contributed by atoms with Gasteiger partial charge in [0.25, 0.3) is 0 Å². The summed E-state index contributed by atoms with van der Waals surface area (Å²) in [7, 11) is 0. The smallest absolute Gasteiger partial charge is 0.339 e. The fraction of sp³-hybridized carbons (Fsp3) is 0.167. The SMILES string of the molecule is Cc1ccc(Nc2cncc(NN)n2)cc1C(F)(F)F. The van der Waals surface area contributed by atoms with Gasteiger partial charge in [-0.05, 0) is 24.6 Å². The molecule has 106 valence electrons. The molecular weight excluding hydrogens is 271 g/mol. The molecule has 2 rings (SSSR count). The highest BCUT2D eigenvalue weighted by Gasteiger charge is 2.32. The van der Waals surface area contributed by atoms with Crippen molar-refractivity contribution in [2.75, 3.05) is 10.7 Å². The second kappa shape index (κ2) is 5.33. The van der Waals surface area contributed by atoms with Crippen LogP contribution in [0.1, 0.15) is 11.1 Å². The van der Waals surface area contributed by atoms with Crippen LogP contribution < -0.4 is 16.6 Å². The first-order valence-corrected chi connectivity index (χ1v) is 5.63. The van der Waals surface area contributed by atoms with Gasteiger partial charge in [0.15, 0.2) is 11.6 Å². The Hall–Kier alpha value is -2.35. The normalized spacial score (nSPS) is 11.2. The maximum Gasteiger partial charge on any atom is 0.416 e. The molecule has 4 N–H and O–H groups in total. The third-order valence-electron chi connectivity index (χ3n) is 2.60. The molecule has 0 saturated carbocycles. The quantitative estimate of drug-likeness (QED) is 0.596. The topological polar surface area (TPSA) is 75.9 Å². The Bertz CT molecular complexity index is 612. The standard InChI is InChI=1S/C12H12F3N5/c1-7-2-3-8(4-9(7)12(13,14)15)18-10-5-17-6-11(19-10)20-16/h2-6H,16H2,1H3,(H2,18,19,20). The lowest BCUT2D eigenvalue weighted by Crippen LogP contribution is -2.10. The van der Waals surface area contributed by atoms with Gasteiger partial charge in [0.1, 0.15) is 0 Å². The highest BCUT2D eigenvalue weighted by atomic mass is 19.4. The zero-order chi connectivity index (χ0) is 14.8. The minimum atomic E-state index is -4.39. The lowest BCUT2D eigenvalue weighted by molar-refractivity contribution is -0.138. The maximum absolute atomic E-state index is 12.8. The Morgan fingerprint density at radius 1 is 1.15 bits per heavy atom. The first-order valence-electron chi connectivity index (χ1n) is 5.63. The number of hydrogen-bond acceptors (Lipinski definition) is 5. The van der Waals surface area contributed by atoms with E-state index < -0.39 is 11.7 Å². The van der Waals surface area contributed by atoms with Crippen LogP contribution in [-0.2, 0) is 6.18 Å². The largest absolute Gasteiger partial charge is 0.416 e. The first-order chi connectivity index (χ1) is 9.40. The van der Waals surface area contributed by atoms with E-state index in [9.17, 15) is 13.2 Å². The number of hydrogen-bond donors (Lipinski definition) is 3. The summed E-state index contributed by atoms with van der Waals surface area (Å²) < 4.78 is 38.4. The fourth-order valence-electron chi connectivity index (χ4n) is 1.65. The Kier molecular flexibility index (Phi) is 3.75. The number of hydrazine groups is 1. The minimum Gasteiger partial charge on any atom is -0.339 e. The van der Waals surface area contributed by atoms with E-state index in [0.717, 1.165) is 6.07 Å². The molecule has 0 aliphatic heterocycles. The number of rotatable bonds is 3. The summed E-state index contributed by atoms with van der Waals surface area (Å²) in [6.07, 6.45) is -1.62. The summed E-state index contributed by atoms with van der Waals surface area (Å²) in [6, 6.07) is 3.96. The van der Waals surface area contributed by atoms with Crippen LogP contribution in [-0.4, -0.2) is 9.97 Å². The van der Waals surface area contributed by atoms with Gasteiger partial charge in [0, 0.05) is 5.69 Å². The van der Waals surface area contributed by atoms with Crippen molar-refractivity contribution in [3.8, 4) is 0 Å². The van der Waals surface area contributed by atoms with E-state index in [0.29, 0.717) is 5.82 Å². The number of halogens is 3. The van der Waals surface area contributed by atoms with E-state index >= 15 is 0 Å². The van der Waals surface area contributed by atoms with E-state index in [2.05, 4.69) is 20.7 Å². The van der Waals surface area contributed by atoms with Crippen molar-refractivity contribution in [1.82, 2.24) is 9.97 Å². The van der Waals surface area contributed by atoms with Gasteiger partial charge in [-0.25, -0.2) is 10.8 Å². The van der Waals surface area contributed by atoms with Crippen molar-refractivity contribution in [3.63, 3.8) is 0 Å². The number of benzene rings is 1. The number of aryl methyl sites for hydroxylation is 1. The predicted octanol–water partition coefficient (Wildman–Crippen LogP) is 2.83. The Morgan fingerprint density at radius 3 is 2.50 bits per heavy atom.